The molecule has 1 heterocycles. The number of carbonyl (C=O) groups excluding carboxylic acids is 1. The van der Waals surface area contributed by atoms with Gasteiger partial charge in [0.15, 0.2) is 0 Å². The van der Waals surface area contributed by atoms with Gasteiger partial charge in [-0.2, -0.15) is 5.10 Å². The van der Waals surface area contributed by atoms with Crippen LogP contribution in [-0.4, -0.2) is 11.6 Å². The monoisotopic (exact) mass is 180 g/mol. The summed E-state index contributed by atoms with van der Waals surface area (Å²) >= 11 is 0. The van der Waals surface area contributed by atoms with E-state index in [0.717, 1.165) is 24.1 Å². The Morgan fingerprint density at radius 2 is 2.31 bits per heavy atom. The van der Waals surface area contributed by atoms with Gasteiger partial charge >= 0.3 is 0 Å². The number of hydrogen-bond donors (Lipinski definition) is 1. The number of rotatable bonds is 3. The summed E-state index contributed by atoms with van der Waals surface area (Å²) in [5, 5.41) is 3.86. The van der Waals surface area contributed by atoms with Crippen molar-refractivity contribution in [1.29, 1.82) is 0 Å². The zero-order chi connectivity index (χ0) is 9.84. The molecule has 0 aliphatic carbocycles. The van der Waals surface area contributed by atoms with Crippen LogP contribution in [0.4, 0.5) is 0 Å². The van der Waals surface area contributed by atoms with Gasteiger partial charge in [0, 0.05) is 0 Å². The molecular formula is C10H16N2O. The Kier molecular flexibility index (Phi) is 3.23. The van der Waals surface area contributed by atoms with E-state index in [1.54, 1.807) is 0 Å². The van der Waals surface area contributed by atoms with E-state index in [9.17, 15) is 4.79 Å². The lowest BCUT2D eigenvalue weighted by Crippen LogP contribution is -2.13. The first-order valence-corrected chi connectivity index (χ1v) is 4.72. The summed E-state index contributed by atoms with van der Waals surface area (Å²) in [6, 6.07) is 0. The number of hydrazone groups is 1. The van der Waals surface area contributed by atoms with Crippen molar-refractivity contribution in [3.8, 4) is 0 Å². The summed E-state index contributed by atoms with van der Waals surface area (Å²) < 4.78 is 0. The van der Waals surface area contributed by atoms with Crippen LogP contribution >= 0.6 is 0 Å². The molecule has 1 atom stereocenters. The molecule has 0 bridgehead atoms. The van der Waals surface area contributed by atoms with E-state index in [0.29, 0.717) is 5.92 Å². The number of nitrogens with zero attached hydrogens (tertiary/aromatic N) is 1. The molecule has 72 valence electrons. The molecule has 0 aromatic rings. The largest absolute Gasteiger partial charge is 0.272 e. The number of hydrogen-bond acceptors (Lipinski definition) is 2. The molecule has 0 aromatic heterocycles. The molecule has 0 spiro atoms. The smallest absolute Gasteiger partial charge is 0.267 e. The Morgan fingerprint density at radius 1 is 1.62 bits per heavy atom. The minimum absolute atomic E-state index is 0.0690. The summed E-state index contributed by atoms with van der Waals surface area (Å²) in [5.41, 5.74) is 3.98. The van der Waals surface area contributed by atoms with Gasteiger partial charge in [-0.25, -0.2) is 5.43 Å². The van der Waals surface area contributed by atoms with Crippen molar-refractivity contribution in [3.63, 3.8) is 0 Å². The second kappa shape index (κ2) is 4.21. The Balaban J connectivity index is 2.69. The van der Waals surface area contributed by atoms with Crippen LogP contribution in [0.15, 0.2) is 16.8 Å². The predicted molar refractivity (Wildman–Crippen MR) is 53.4 cm³/mol. The van der Waals surface area contributed by atoms with Crippen molar-refractivity contribution < 1.29 is 4.79 Å². The van der Waals surface area contributed by atoms with Crippen molar-refractivity contribution in [1.82, 2.24) is 5.43 Å². The van der Waals surface area contributed by atoms with E-state index in [4.69, 9.17) is 0 Å². The van der Waals surface area contributed by atoms with Crippen LogP contribution in [0, 0.1) is 5.92 Å². The third kappa shape index (κ3) is 2.41. The second-order valence-corrected chi connectivity index (χ2v) is 3.48. The molecule has 0 saturated carbocycles. The van der Waals surface area contributed by atoms with Gasteiger partial charge in [0.25, 0.3) is 5.91 Å². The molecule has 1 unspecified atom stereocenters. The second-order valence-electron chi connectivity index (χ2n) is 3.48. The van der Waals surface area contributed by atoms with Gasteiger partial charge in [-0.05, 0) is 19.3 Å². The van der Waals surface area contributed by atoms with Gasteiger partial charge in [0.1, 0.15) is 0 Å². The fourth-order valence-electron chi connectivity index (χ4n) is 1.44. The molecule has 0 radical (unpaired) electrons. The van der Waals surface area contributed by atoms with E-state index in [1.165, 1.54) is 0 Å². The van der Waals surface area contributed by atoms with Crippen LogP contribution in [0.25, 0.3) is 0 Å². The average Bonchev–Trinajstić information content (AvgIpc) is 2.36. The minimum Gasteiger partial charge on any atom is -0.267 e. The van der Waals surface area contributed by atoms with Crippen LogP contribution in [0.2, 0.25) is 0 Å². The van der Waals surface area contributed by atoms with Crippen molar-refractivity contribution in [2.24, 2.45) is 11.0 Å². The number of nitrogens with one attached hydrogen (secondary N) is 1. The fraction of sp³-hybridized carbons (Fsp3) is 0.600. The molecule has 1 rings (SSSR count). The Bertz CT molecular complexity index is 266. The average molecular weight is 180 g/mol. The van der Waals surface area contributed by atoms with E-state index < -0.39 is 0 Å². The summed E-state index contributed by atoms with van der Waals surface area (Å²) in [5.74, 6) is 0.384. The van der Waals surface area contributed by atoms with Gasteiger partial charge in [-0.3, -0.25) is 4.79 Å². The zero-order valence-corrected chi connectivity index (χ0v) is 8.42. The van der Waals surface area contributed by atoms with E-state index >= 15 is 0 Å². The molecule has 1 aliphatic rings. The van der Waals surface area contributed by atoms with Crippen LogP contribution in [0.3, 0.4) is 0 Å². The van der Waals surface area contributed by atoms with Gasteiger partial charge in [0.05, 0.1) is 11.3 Å². The molecule has 3 nitrogen and oxygen atoms in total. The molecule has 1 amide bonds. The van der Waals surface area contributed by atoms with E-state index in [2.05, 4.69) is 24.4 Å². The standard InChI is InChI=1S/C10H16N2O/c1-4-5-7(2)6-9-8(3)11-12-10(9)13/h6-7H,4-5H2,1-3H3,(H,12,13). The first kappa shape index (κ1) is 9.96. The lowest BCUT2D eigenvalue weighted by Gasteiger charge is -2.04. The number of allylic oxidation sites excluding steroid dienone is 1. The third-order valence-corrected chi connectivity index (χ3v) is 2.15. The number of carbonyl (C=O) groups is 1. The van der Waals surface area contributed by atoms with Crippen LogP contribution in [0.1, 0.15) is 33.6 Å². The van der Waals surface area contributed by atoms with Crippen LogP contribution in [-0.2, 0) is 4.79 Å². The lowest BCUT2D eigenvalue weighted by molar-refractivity contribution is -0.116. The highest BCUT2D eigenvalue weighted by Crippen LogP contribution is 2.13. The first-order chi connectivity index (χ1) is 6.15. The maximum atomic E-state index is 11.2. The van der Waals surface area contributed by atoms with Crippen molar-refractivity contribution >= 4 is 11.6 Å². The van der Waals surface area contributed by atoms with E-state index in [1.807, 2.05) is 13.0 Å². The SMILES string of the molecule is CCCC(C)C=C1C(=O)NN=C1C. The molecule has 13 heavy (non-hydrogen) atoms. The molecule has 0 fully saturated rings. The Hall–Kier alpha value is -1.12. The lowest BCUT2D eigenvalue weighted by atomic mass is 10.0. The van der Waals surface area contributed by atoms with Gasteiger partial charge in [-0.1, -0.05) is 26.3 Å². The van der Waals surface area contributed by atoms with Gasteiger partial charge in [-0.15, -0.1) is 0 Å². The Morgan fingerprint density at radius 3 is 2.77 bits per heavy atom. The highest BCUT2D eigenvalue weighted by molar-refractivity contribution is 6.23. The first-order valence-electron chi connectivity index (χ1n) is 4.72. The quantitative estimate of drug-likeness (QED) is 0.662. The van der Waals surface area contributed by atoms with Crippen molar-refractivity contribution in [2.45, 2.75) is 33.6 Å². The highest BCUT2D eigenvalue weighted by Gasteiger charge is 2.18. The van der Waals surface area contributed by atoms with Crippen molar-refractivity contribution in [3.05, 3.63) is 11.6 Å². The molecule has 1 N–H and O–H groups in total. The molecule has 0 aromatic carbocycles. The van der Waals surface area contributed by atoms with Gasteiger partial charge < -0.3 is 0 Å². The van der Waals surface area contributed by atoms with Crippen LogP contribution in [0.5, 0.6) is 0 Å². The fourth-order valence-corrected chi connectivity index (χ4v) is 1.44. The predicted octanol–water partition coefficient (Wildman–Crippen LogP) is 1.85. The van der Waals surface area contributed by atoms with Crippen molar-refractivity contribution in [2.75, 3.05) is 0 Å². The van der Waals surface area contributed by atoms with Gasteiger partial charge in [0.2, 0.25) is 0 Å². The summed E-state index contributed by atoms with van der Waals surface area (Å²) in [6.45, 7) is 6.11. The maximum Gasteiger partial charge on any atom is 0.272 e. The van der Waals surface area contributed by atoms with E-state index in [-0.39, 0.29) is 5.91 Å². The zero-order valence-electron chi connectivity index (χ0n) is 8.42. The molecule has 0 saturated heterocycles. The number of amides is 1. The normalized spacial score (nSPS) is 21.6. The minimum atomic E-state index is -0.0690. The Labute approximate surface area is 78.9 Å². The third-order valence-electron chi connectivity index (χ3n) is 2.15. The molecule has 3 heteroatoms. The topological polar surface area (TPSA) is 41.5 Å². The summed E-state index contributed by atoms with van der Waals surface area (Å²) in [7, 11) is 0. The maximum absolute atomic E-state index is 11.2. The summed E-state index contributed by atoms with van der Waals surface area (Å²) in [6.07, 6.45) is 4.26. The molecule has 1 aliphatic heterocycles. The summed E-state index contributed by atoms with van der Waals surface area (Å²) in [4.78, 5) is 11.2. The highest BCUT2D eigenvalue weighted by atomic mass is 16.2. The van der Waals surface area contributed by atoms with Crippen LogP contribution < -0.4 is 5.43 Å². The molecular weight excluding hydrogens is 164 g/mol.